The fourth-order valence-corrected chi connectivity index (χ4v) is 5.04. The Kier molecular flexibility index (Phi) is 9.02. The van der Waals surface area contributed by atoms with Crippen LogP contribution in [0.2, 0.25) is 0 Å². The summed E-state index contributed by atoms with van der Waals surface area (Å²) < 4.78 is 24.1. The van der Waals surface area contributed by atoms with Gasteiger partial charge in [-0.2, -0.15) is 0 Å². The van der Waals surface area contributed by atoms with Crippen molar-refractivity contribution in [1.29, 1.82) is 0 Å². The first-order chi connectivity index (χ1) is 12.9. The van der Waals surface area contributed by atoms with Crippen LogP contribution >= 0.6 is 0 Å². The van der Waals surface area contributed by atoms with Crippen LogP contribution < -0.4 is 0 Å². The van der Waals surface area contributed by atoms with Gasteiger partial charge in [0.25, 0.3) is 0 Å². The van der Waals surface area contributed by atoms with Gasteiger partial charge >= 0.3 is 0 Å². The van der Waals surface area contributed by atoms with E-state index in [2.05, 4.69) is 4.90 Å². The Bertz CT molecular complexity index is 578. The minimum atomic E-state index is -3.32. The summed E-state index contributed by atoms with van der Waals surface area (Å²) in [4.78, 5) is 30.5. The molecule has 156 valence electrons. The molecule has 2 aliphatic rings. The molecule has 0 aromatic rings. The van der Waals surface area contributed by atoms with E-state index in [1.807, 2.05) is 11.8 Å². The summed E-state index contributed by atoms with van der Waals surface area (Å²) in [5, 5.41) is 0. The first-order valence-electron chi connectivity index (χ1n) is 10.4. The topological polar surface area (TPSA) is 78.0 Å². The molecule has 7 nitrogen and oxygen atoms in total. The quantitative estimate of drug-likeness (QED) is 0.570. The van der Waals surface area contributed by atoms with Crippen molar-refractivity contribution in [3.8, 4) is 0 Å². The van der Waals surface area contributed by atoms with E-state index in [9.17, 15) is 18.0 Å². The molecular weight excluding hydrogens is 366 g/mol. The second-order valence-corrected chi connectivity index (χ2v) is 9.94. The lowest BCUT2D eigenvalue weighted by molar-refractivity contribution is -0.134. The van der Waals surface area contributed by atoms with Crippen LogP contribution in [0.5, 0.6) is 0 Å². The Morgan fingerprint density at radius 1 is 0.778 bits per heavy atom. The molecule has 0 radical (unpaired) electrons. The lowest BCUT2D eigenvalue weighted by Crippen LogP contribution is -2.52. The summed E-state index contributed by atoms with van der Waals surface area (Å²) in [6, 6.07) is 0. The standard InChI is InChI=1S/C19H35N3O4S/c1-2-3-8-15-27(25,26)17-19(24)22-13-11-20(12-14-22)16-18(23)21-9-6-4-5-7-10-21/h2-17H2,1H3. The molecule has 2 aliphatic heterocycles. The molecular formula is C19H35N3O4S. The Hall–Kier alpha value is -1.15. The van der Waals surface area contributed by atoms with E-state index in [1.165, 1.54) is 12.8 Å². The maximum absolute atomic E-state index is 12.5. The normalized spacial score (nSPS) is 19.7. The lowest BCUT2D eigenvalue weighted by atomic mass is 10.2. The summed E-state index contributed by atoms with van der Waals surface area (Å²) in [6.45, 7) is 6.38. The van der Waals surface area contributed by atoms with E-state index in [-0.39, 0.29) is 23.3 Å². The van der Waals surface area contributed by atoms with Crippen molar-refractivity contribution in [1.82, 2.24) is 14.7 Å². The Labute approximate surface area is 164 Å². The highest BCUT2D eigenvalue weighted by molar-refractivity contribution is 7.92. The Balaban J connectivity index is 1.72. The highest BCUT2D eigenvalue weighted by atomic mass is 32.2. The van der Waals surface area contributed by atoms with Gasteiger partial charge in [-0.05, 0) is 19.3 Å². The van der Waals surface area contributed by atoms with Crippen LogP contribution in [0.3, 0.4) is 0 Å². The zero-order chi connectivity index (χ0) is 19.7. The third-order valence-corrected chi connectivity index (χ3v) is 7.04. The van der Waals surface area contributed by atoms with E-state index in [0.29, 0.717) is 39.1 Å². The average Bonchev–Trinajstić information content (AvgIpc) is 2.91. The molecule has 27 heavy (non-hydrogen) atoms. The van der Waals surface area contributed by atoms with Gasteiger partial charge in [0.1, 0.15) is 5.75 Å². The molecule has 2 heterocycles. The molecule has 2 fully saturated rings. The van der Waals surface area contributed by atoms with Crippen LogP contribution in [0.25, 0.3) is 0 Å². The fourth-order valence-electron chi connectivity index (χ4n) is 3.69. The molecule has 0 saturated carbocycles. The molecule has 2 rings (SSSR count). The van der Waals surface area contributed by atoms with Crippen molar-refractivity contribution in [3.05, 3.63) is 0 Å². The van der Waals surface area contributed by atoms with Gasteiger partial charge in [0.05, 0.1) is 12.3 Å². The van der Waals surface area contributed by atoms with Crippen LogP contribution in [0.4, 0.5) is 0 Å². The van der Waals surface area contributed by atoms with Gasteiger partial charge in [0, 0.05) is 39.3 Å². The smallest absolute Gasteiger partial charge is 0.237 e. The molecule has 0 aromatic heterocycles. The van der Waals surface area contributed by atoms with Gasteiger partial charge in [-0.3, -0.25) is 14.5 Å². The summed E-state index contributed by atoms with van der Waals surface area (Å²) in [5.41, 5.74) is 0. The lowest BCUT2D eigenvalue weighted by Gasteiger charge is -2.35. The summed E-state index contributed by atoms with van der Waals surface area (Å²) in [5.74, 6) is -0.416. The van der Waals surface area contributed by atoms with E-state index in [0.717, 1.165) is 38.8 Å². The van der Waals surface area contributed by atoms with E-state index < -0.39 is 9.84 Å². The van der Waals surface area contributed by atoms with E-state index in [1.54, 1.807) is 4.90 Å². The number of carbonyl (C=O) groups excluding carboxylic acids is 2. The summed E-state index contributed by atoms with van der Waals surface area (Å²) in [7, 11) is -3.32. The number of rotatable bonds is 8. The number of piperazine rings is 1. The number of unbranched alkanes of at least 4 members (excludes halogenated alkanes) is 2. The number of likely N-dealkylation sites (tertiary alicyclic amines) is 1. The predicted molar refractivity (Wildman–Crippen MR) is 106 cm³/mol. The number of hydrogen-bond acceptors (Lipinski definition) is 5. The molecule has 0 spiro atoms. The average molecular weight is 402 g/mol. The minimum absolute atomic E-state index is 0.0941. The van der Waals surface area contributed by atoms with Crippen molar-refractivity contribution in [2.75, 3.05) is 57.3 Å². The van der Waals surface area contributed by atoms with Crippen molar-refractivity contribution in [3.63, 3.8) is 0 Å². The molecule has 0 aromatic carbocycles. The van der Waals surface area contributed by atoms with Crippen LogP contribution in [-0.2, 0) is 19.4 Å². The van der Waals surface area contributed by atoms with Crippen molar-refractivity contribution < 1.29 is 18.0 Å². The molecule has 0 bridgehead atoms. The zero-order valence-electron chi connectivity index (χ0n) is 16.7. The SMILES string of the molecule is CCCCCS(=O)(=O)CC(=O)N1CCN(CC(=O)N2CCCCCC2)CC1. The molecule has 0 aliphatic carbocycles. The molecule has 0 atom stereocenters. The fraction of sp³-hybridized carbons (Fsp3) is 0.895. The molecule has 2 saturated heterocycles. The second kappa shape index (κ2) is 11.0. The molecule has 2 amide bonds. The van der Waals surface area contributed by atoms with Gasteiger partial charge in [-0.15, -0.1) is 0 Å². The summed E-state index contributed by atoms with van der Waals surface area (Å²) in [6.07, 6.45) is 7.02. The van der Waals surface area contributed by atoms with Gasteiger partial charge < -0.3 is 9.80 Å². The number of amides is 2. The molecule has 8 heteroatoms. The predicted octanol–water partition coefficient (Wildman–Crippen LogP) is 1.14. The maximum atomic E-state index is 12.5. The van der Waals surface area contributed by atoms with Gasteiger partial charge in [0.15, 0.2) is 9.84 Å². The number of carbonyl (C=O) groups is 2. The minimum Gasteiger partial charge on any atom is -0.342 e. The van der Waals surface area contributed by atoms with Crippen molar-refractivity contribution in [2.24, 2.45) is 0 Å². The summed E-state index contributed by atoms with van der Waals surface area (Å²) >= 11 is 0. The van der Waals surface area contributed by atoms with Gasteiger partial charge in [-0.1, -0.05) is 32.6 Å². The third-order valence-electron chi connectivity index (χ3n) is 5.44. The Morgan fingerprint density at radius 3 is 1.96 bits per heavy atom. The van der Waals surface area contributed by atoms with E-state index >= 15 is 0 Å². The number of hydrogen-bond donors (Lipinski definition) is 0. The van der Waals surface area contributed by atoms with Crippen LogP contribution in [0, 0.1) is 0 Å². The maximum Gasteiger partial charge on any atom is 0.237 e. The molecule has 0 unspecified atom stereocenters. The van der Waals surface area contributed by atoms with Gasteiger partial charge in [0.2, 0.25) is 11.8 Å². The van der Waals surface area contributed by atoms with Crippen molar-refractivity contribution in [2.45, 2.75) is 51.9 Å². The van der Waals surface area contributed by atoms with E-state index in [4.69, 9.17) is 0 Å². The monoisotopic (exact) mass is 401 g/mol. The van der Waals surface area contributed by atoms with Crippen molar-refractivity contribution >= 4 is 21.7 Å². The highest BCUT2D eigenvalue weighted by Crippen LogP contribution is 2.11. The van der Waals surface area contributed by atoms with Crippen LogP contribution in [0.1, 0.15) is 51.9 Å². The first kappa shape index (κ1) is 22.1. The highest BCUT2D eigenvalue weighted by Gasteiger charge is 2.27. The largest absolute Gasteiger partial charge is 0.342 e. The Morgan fingerprint density at radius 2 is 1.37 bits per heavy atom. The van der Waals surface area contributed by atoms with Gasteiger partial charge in [-0.25, -0.2) is 8.42 Å². The van der Waals surface area contributed by atoms with Crippen LogP contribution in [-0.4, -0.2) is 92.3 Å². The second-order valence-electron chi connectivity index (χ2n) is 7.75. The number of nitrogens with zero attached hydrogens (tertiary/aromatic N) is 3. The number of sulfone groups is 1. The van der Waals surface area contributed by atoms with Crippen LogP contribution in [0.15, 0.2) is 0 Å². The third kappa shape index (κ3) is 7.78. The molecule has 0 N–H and O–H groups in total. The zero-order valence-corrected chi connectivity index (χ0v) is 17.5. The first-order valence-corrected chi connectivity index (χ1v) is 12.2.